The number of anilines is 3. The fraction of sp³-hybridized carbons (Fsp3) is 0.0698. The van der Waals surface area contributed by atoms with Crippen LogP contribution in [0.3, 0.4) is 0 Å². The molecule has 0 amide bonds. The number of rotatable bonds is 3. The molecule has 0 saturated carbocycles. The minimum atomic E-state index is -0.0847. The van der Waals surface area contributed by atoms with Crippen LogP contribution in [0.1, 0.15) is 25.0 Å². The number of hydrogen-bond acceptors (Lipinski definition) is 1. The van der Waals surface area contributed by atoms with Crippen LogP contribution in [-0.4, -0.2) is 0 Å². The van der Waals surface area contributed by atoms with E-state index in [2.05, 4.69) is 170 Å². The molecule has 8 aromatic rings. The predicted octanol–water partition coefficient (Wildman–Crippen LogP) is 12.1. The lowest BCUT2D eigenvalue weighted by atomic mass is 9.82. The summed E-state index contributed by atoms with van der Waals surface area (Å²) in [7, 11) is 0. The first-order valence-corrected chi connectivity index (χ1v) is 15.5. The fourth-order valence-corrected chi connectivity index (χ4v) is 7.70. The maximum absolute atomic E-state index is 2.48. The minimum Gasteiger partial charge on any atom is -0.310 e. The molecule has 1 aliphatic rings. The third-order valence-corrected chi connectivity index (χ3v) is 9.80. The Bertz CT molecular complexity index is 2390. The van der Waals surface area contributed by atoms with Gasteiger partial charge in [-0.05, 0) is 90.3 Å². The highest BCUT2D eigenvalue weighted by atomic mass is 15.1. The van der Waals surface area contributed by atoms with Crippen molar-refractivity contribution in [1.29, 1.82) is 0 Å². The Kier molecular flexibility index (Phi) is 5.31. The zero-order valence-corrected chi connectivity index (χ0v) is 24.9. The minimum absolute atomic E-state index is 0.0847. The molecule has 0 saturated heterocycles. The van der Waals surface area contributed by atoms with Crippen LogP contribution in [-0.2, 0) is 5.41 Å². The SMILES string of the molecule is CC1(C)c2ccccc2-c2ccc(N(c3ccc4ccccc4c3)c3cccc4c5ccccc5c5ccccc5c34)cc21. The number of benzene rings is 8. The third-order valence-electron chi connectivity index (χ3n) is 9.80. The van der Waals surface area contributed by atoms with Crippen molar-refractivity contribution in [1.82, 2.24) is 0 Å². The summed E-state index contributed by atoms with van der Waals surface area (Å²) >= 11 is 0. The molecule has 0 radical (unpaired) electrons. The van der Waals surface area contributed by atoms with E-state index >= 15 is 0 Å². The first-order chi connectivity index (χ1) is 21.6. The van der Waals surface area contributed by atoms with Gasteiger partial charge in [0, 0.05) is 22.2 Å². The molecular weight excluding hydrogens is 530 g/mol. The molecule has 44 heavy (non-hydrogen) atoms. The summed E-state index contributed by atoms with van der Waals surface area (Å²) in [5.41, 5.74) is 8.88. The molecule has 208 valence electrons. The van der Waals surface area contributed by atoms with Gasteiger partial charge >= 0.3 is 0 Å². The van der Waals surface area contributed by atoms with Crippen LogP contribution in [0.15, 0.2) is 152 Å². The lowest BCUT2D eigenvalue weighted by molar-refractivity contribution is 0.660. The van der Waals surface area contributed by atoms with Crippen LogP contribution < -0.4 is 4.90 Å². The van der Waals surface area contributed by atoms with Gasteiger partial charge in [0.25, 0.3) is 0 Å². The Labute approximate surface area is 257 Å². The monoisotopic (exact) mass is 561 g/mol. The molecule has 0 bridgehead atoms. The normalized spacial score (nSPS) is 13.4. The smallest absolute Gasteiger partial charge is 0.0546 e. The maximum Gasteiger partial charge on any atom is 0.0546 e. The highest BCUT2D eigenvalue weighted by Gasteiger charge is 2.35. The van der Waals surface area contributed by atoms with E-state index < -0.39 is 0 Å². The molecule has 0 atom stereocenters. The topological polar surface area (TPSA) is 3.24 Å². The van der Waals surface area contributed by atoms with Crippen LogP contribution in [0.2, 0.25) is 0 Å². The molecule has 1 aliphatic carbocycles. The van der Waals surface area contributed by atoms with Crippen molar-refractivity contribution in [2.24, 2.45) is 0 Å². The Balaban J connectivity index is 1.38. The second-order valence-corrected chi connectivity index (χ2v) is 12.6. The van der Waals surface area contributed by atoms with Gasteiger partial charge in [0.15, 0.2) is 0 Å². The lowest BCUT2D eigenvalue weighted by Crippen LogP contribution is -2.16. The van der Waals surface area contributed by atoms with Crippen LogP contribution in [0.25, 0.3) is 54.2 Å². The zero-order chi connectivity index (χ0) is 29.4. The molecule has 8 aromatic carbocycles. The molecule has 0 unspecified atom stereocenters. The van der Waals surface area contributed by atoms with Crippen LogP contribution >= 0.6 is 0 Å². The summed E-state index contributed by atoms with van der Waals surface area (Å²) in [5, 5.41) is 10.2. The summed E-state index contributed by atoms with van der Waals surface area (Å²) in [6.07, 6.45) is 0. The van der Waals surface area contributed by atoms with Gasteiger partial charge in [0.05, 0.1) is 5.69 Å². The first-order valence-electron chi connectivity index (χ1n) is 15.5. The molecule has 0 aromatic heterocycles. The van der Waals surface area contributed by atoms with E-state index in [1.807, 2.05) is 0 Å². The molecule has 0 aliphatic heterocycles. The summed E-state index contributed by atoms with van der Waals surface area (Å²) in [6.45, 7) is 4.72. The van der Waals surface area contributed by atoms with Crippen molar-refractivity contribution < 1.29 is 0 Å². The van der Waals surface area contributed by atoms with Crippen molar-refractivity contribution in [3.05, 3.63) is 163 Å². The van der Waals surface area contributed by atoms with Crippen molar-refractivity contribution in [3.63, 3.8) is 0 Å². The van der Waals surface area contributed by atoms with Gasteiger partial charge in [-0.1, -0.05) is 135 Å². The van der Waals surface area contributed by atoms with Crippen LogP contribution in [0.5, 0.6) is 0 Å². The molecule has 9 rings (SSSR count). The van der Waals surface area contributed by atoms with E-state index in [0.717, 1.165) is 5.69 Å². The molecule has 0 fully saturated rings. The van der Waals surface area contributed by atoms with Crippen LogP contribution in [0.4, 0.5) is 17.1 Å². The molecule has 1 nitrogen and oxygen atoms in total. The van der Waals surface area contributed by atoms with Gasteiger partial charge in [0.2, 0.25) is 0 Å². The number of nitrogens with zero attached hydrogens (tertiary/aromatic N) is 1. The zero-order valence-electron chi connectivity index (χ0n) is 24.9. The third kappa shape index (κ3) is 3.53. The Morgan fingerprint density at radius 2 is 0.955 bits per heavy atom. The second-order valence-electron chi connectivity index (χ2n) is 12.6. The molecule has 0 N–H and O–H groups in total. The highest BCUT2D eigenvalue weighted by Crippen LogP contribution is 2.51. The van der Waals surface area contributed by atoms with Crippen molar-refractivity contribution >= 4 is 60.2 Å². The second kappa shape index (κ2) is 9.30. The van der Waals surface area contributed by atoms with Crippen molar-refractivity contribution in [2.45, 2.75) is 19.3 Å². The lowest BCUT2D eigenvalue weighted by Gasteiger charge is -2.30. The summed E-state index contributed by atoms with van der Waals surface area (Å²) in [5.74, 6) is 0. The Morgan fingerprint density at radius 1 is 0.409 bits per heavy atom. The van der Waals surface area contributed by atoms with Crippen molar-refractivity contribution in [3.8, 4) is 11.1 Å². The average Bonchev–Trinajstić information content (AvgIpc) is 3.31. The quantitative estimate of drug-likeness (QED) is 0.194. The summed E-state index contributed by atoms with van der Waals surface area (Å²) in [6, 6.07) is 56.0. The fourth-order valence-electron chi connectivity index (χ4n) is 7.70. The molecule has 0 spiro atoms. The van der Waals surface area contributed by atoms with E-state index in [1.165, 1.54) is 76.7 Å². The largest absolute Gasteiger partial charge is 0.310 e. The van der Waals surface area contributed by atoms with Gasteiger partial charge in [-0.2, -0.15) is 0 Å². The van der Waals surface area contributed by atoms with Crippen LogP contribution in [0, 0.1) is 0 Å². The van der Waals surface area contributed by atoms with Gasteiger partial charge in [-0.15, -0.1) is 0 Å². The van der Waals surface area contributed by atoms with E-state index in [4.69, 9.17) is 0 Å². The van der Waals surface area contributed by atoms with Gasteiger partial charge < -0.3 is 4.90 Å². The van der Waals surface area contributed by atoms with Gasteiger partial charge in [-0.25, -0.2) is 0 Å². The van der Waals surface area contributed by atoms with Gasteiger partial charge in [-0.3, -0.25) is 0 Å². The predicted molar refractivity (Wildman–Crippen MR) is 189 cm³/mol. The van der Waals surface area contributed by atoms with E-state index in [9.17, 15) is 0 Å². The molecule has 1 heteroatoms. The van der Waals surface area contributed by atoms with Gasteiger partial charge in [0.1, 0.15) is 0 Å². The summed E-state index contributed by atoms with van der Waals surface area (Å²) < 4.78 is 0. The van der Waals surface area contributed by atoms with E-state index in [-0.39, 0.29) is 5.41 Å². The average molecular weight is 562 g/mol. The number of hydrogen-bond donors (Lipinski definition) is 0. The number of fused-ring (bicyclic) bond motifs is 10. The maximum atomic E-state index is 2.48. The standard InChI is InChI=1S/C43H31N/c1-43(2)39-20-10-9-17-35(39)36-25-24-31(27-40(36)43)44(30-23-22-28-12-3-4-13-29(28)26-30)41-21-11-19-38-34-15-6-5-14-32(34)33-16-7-8-18-37(33)42(38)41/h3-27H,1-2H3. The van der Waals surface area contributed by atoms with E-state index in [1.54, 1.807) is 0 Å². The molecule has 0 heterocycles. The first kappa shape index (κ1) is 25.1. The van der Waals surface area contributed by atoms with Crippen molar-refractivity contribution in [2.75, 3.05) is 4.90 Å². The summed E-state index contributed by atoms with van der Waals surface area (Å²) in [4.78, 5) is 2.48. The van der Waals surface area contributed by atoms with E-state index in [0.29, 0.717) is 0 Å². The Morgan fingerprint density at radius 3 is 1.73 bits per heavy atom. The Hall–Kier alpha value is -5.40. The highest BCUT2D eigenvalue weighted by molar-refractivity contribution is 6.28. The molecular formula is C43H31N.